The van der Waals surface area contributed by atoms with E-state index in [0.29, 0.717) is 6.42 Å². The van der Waals surface area contributed by atoms with Gasteiger partial charge in [0.2, 0.25) is 0 Å². The van der Waals surface area contributed by atoms with Crippen LogP contribution in [0.5, 0.6) is 0 Å². The molecule has 24 heavy (non-hydrogen) atoms. The van der Waals surface area contributed by atoms with Crippen molar-refractivity contribution >= 4 is 11.7 Å². The van der Waals surface area contributed by atoms with E-state index in [-0.39, 0.29) is 5.69 Å². The number of nitrogens with one attached hydrogen (secondary N) is 2. The molecule has 1 heterocycles. The van der Waals surface area contributed by atoms with Gasteiger partial charge in [-0.15, -0.1) is 0 Å². The third-order valence-electron chi connectivity index (χ3n) is 3.80. The first kappa shape index (κ1) is 16.3. The zero-order valence-electron chi connectivity index (χ0n) is 12.3. The number of rotatable bonds is 2. The number of benzene rings is 1. The van der Waals surface area contributed by atoms with E-state index >= 15 is 0 Å². The molecule has 1 aromatic carbocycles. The van der Waals surface area contributed by atoms with E-state index in [2.05, 4.69) is 15.6 Å². The topological polar surface area (TPSA) is 74.2 Å². The van der Waals surface area contributed by atoms with Crippen molar-refractivity contribution in [3.05, 3.63) is 59.4 Å². The van der Waals surface area contributed by atoms with E-state index in [9.17, 15) is 23.1 Å². The highest BCUT2D eigenvalue weighted by Crippen LogP contribution is 2.31. The molecule has 1 aromatic heterocycles. The second kappa shape index (κ2) is 6.12. The van der Waals surface area contributed by atoms with Gasteiger partial charge in [0.05, 0.1) is 24.0 Å². The lowest BCUT2D eigenvalue weighted by atomic mass is 10.1. The van der Waals surface area contributed by atoms with Crippen LogP contribution in [0.3, 0.4) is 0 Å². The minimum Gasteiger partial charge on any atom is -0.390 e. The summed E-state index contributed by atoms with van der Waals surface area (Å²) < 4.78 is 37.3. The van der Waals surface area contributed by atoms with E-state index in [0.717, 1.165) is 29.5 Å². The van der Waals surface area contributed by atoms with Gasteiger partial charge in [-0.2, -0.15) is 13.2 Å². The number of aliphatic hydroxyl groups is 1. The number of anilines is 1. The second-order valence-electron chi connectivity index (χ2n) is 5.48. The van der Waals surface area contributed by atoms with Crippen molar-refractivity contribution in [3.63, 3.8) is 0 Å². The van der Waals surface area contributed by atoms with E-state index in [1.54, 1.807) is 0 Å². The molecule has 0 unspecified atom stereocenters. The fourth-order valence-electron chi connectivity index (χ4n) is 2.69. The number of amides is 2. The van der Waals surface area contributed by atoms with Crippen LogP contribution in [0, 0.1) is 0 Å². The van der Waals surface area contributed by atoms with Crippen LogP contribution in [0.15, 0.2) is 42.6 Å². The molecule has 0 aliphatic heterocycles. The Morgan fingerprint density at radius 2 is 1.96 bits per heavy atom. The van der Waals surface area contributed by atoms with Crippen molar-refractivity contribution in [3.8, 4) is 0 Å². The fraction of sp³-hybridized carbons (Fsp3) is 0.250. The van der Waals surface area contributed by atoms with Crippen LogP contribution in [-0.2, 0) is 12.6 Å². The Morgan fingerprint density at radius 3 is 2.62 bits per heavy atom. The average Bonchev–Trinajstić information content (AvgIpc) is 2.83. The lowest BCUT2D eigenvalue weighted by Gasteiger charge is -2.18. The summed E-state index contributed by atoms with van der Waals surface area (Å²) in [5, 5.41) is 15.1. The molecule has 0 saturated carbocycles. The number of alkyl halides is 3. The van der Waals surface area contributed by atoms with Gasteiger partial charge < -0.3 is 15.7 Å². The summed E-state index contributed by atoms with van der Waals surface area (Å²) in [6.45, 7) is 0. The monoisotopic (exact) mass is 337 g/mol. The molecular weight excluding hydrogens is 323 g/mol. The molecule has 0 bridgehead atoms. The van der Waals surface area contributed by atoms with Gasteiger partial charge in [0.1, 0.15) is 5.69 Å². The molecule has 3 N–H and O–H groups in total. The first-order chi connectivity index (χ1) is 11.3. The van der Waals surface area contributed by atoms with E-state index < -0.39 is 30.0 Å². The van der Waals surface area contributed by atoms with E-state index in [4.69, 9.17) is 0 Å². The van der Waals surface area contributed by atoms with Crippen molar-refractivity contribution in [1.82, 2.24) is 10.3 Å². The number of hydrogen-bond donors (Lipinski definition) is 3. The molecule has 126 valence electrons. The van der Waals surface area contributed by atoms with Gasteiger partial charge in [-0.25, -0.2) is 9.78 Å². The maximum Gasteiger partial charge on any atom is 0.433 e. The Kier molecular flexibility index (Phi) is 4.15. The molecule has 0 fully saturated rings. The molecule has 2 amide bonds. The van der Waals surface area contributed by atoms with E-state index in [1.807, 2.05) is 24.3 Å². The Hall–Kier alpha value is -2.61. The molecule has 1 aliphatic rings. The molecule has 5 nitrogen and oxygen atoms in total. The Morgan fingerprint density at radius 1 is 1.21 bits per heavy atom. The van der Waals surface area contributed by atoms with Crippen LogP contribution >= 0.6 is 0 Å². The molecule has 0 saturated heterocycles. The standard InChI is InChI=1S/C16H14F3N3O2/c17-16(18,19)13-6-5-10(8-20-13)21-15(24)22-14-11-4-2-1-3-9(11)7-12(14)23/h1-6,8,12,14,23H,7H2,(H2,21,22,24)/t12-,14+/m0/s1. The quantitative estimate of drug-likeness (QED) is 0.789. The van der Waals surface area contributed by atoms with Gasteiger partial charge in [0.15, 0.2) is 0 Å². The smallest absolute Gasteiger partial charge is 0.390 e. The van der Waals surface area contributed by atoms with Gasteiger partial charge in [0, 0.05) is 6.42 Å². The van der Waals surface area contributed by atoms with Gasteiger partial charge in [0.25, 0.3) is 0 Å². The lowest BCUT2D eigenvalue weighted by molar-refractivity contribution is -0.141. The number of pyridine rings is 1. The van der Waals surface area contributed by atoms with Gasteiger partial charge in [-0.1, -0.05) is 24.3 Å². The van der Waals surface area contributed by atoms with Crippen LogP contribution in [0.4, 0.5) is 23.7 Å². The minimum atomic E-state index is -4.53. The van der Waals surface area contributed by atoms with Crippen molar-refractivity contribution in [2.75, 3.05) is 5.32 Å². The summed E-state index contributed by atoms with van der Waals surface area (Å²) in [4.78, 5) is 15.3. The number of halogens is 3. The predicted octanol–water partition coefficient (Wildman–Crippen LogP) is 2.88. The molecule has 2 aromatic rings. The zero-order valence-corrected chi connectivity index (χ0v) is 12.3. The normalized spacial score (nSPS) is 19.7. The molecule has 3 rings (SSSR count). The minimum absolute atomic E-state index is 0.126. The highest BCUT2D eigenvalue weighted by molar-refractivity contribution is 5.89. The van der Waals surface area contributed by atoms with Crippen molar-refractivity contribution < 1.29 is 23.1 Å². The fourth-order valence-corrected chi connectivity index (χ4v) is 2.69. The van der Waals surface area contributed by atoms with Crippen LogP contribution in [0.25, 0.3) is 0 Å². The first-order valence-corrected chi connectivity index (χ1v) is 7.21. The van der Waals surface area contributed by atoms with Crippen LogP contribution in [0.1, 0.15) is 22.9 Å². The number of carbonyl (C=O) groups excluding carboxylic acids is 1. The summed E-state index contributed by atoms with van der Waals surface area (Å²) in [6, 6.07) is 8.06. The molecular formula is C16H14F3N3O2. The van der Waals surface area contributed by atoms with Crippen LogP contribution in [-0.4, -0.2) is 22.2 Å². The number of carbonyl (C=O) groups is 1. The number of urea groups is 1. The summed E-state index contributed by atoms with van der Waals surface area (Å²) in [7, 11) is 0. The largest absolute Gasteiger partial charge is 0.433 e. The van der Waals surface area contributed by atoms with Crippen molar-refractivity contribution in [1.29, 1.82) is 0 Å². The van der Waals surface area contributed by atoms with Crippen LogP contribution < -0.4 is 10.6 Å². The maximum absolute atomic E-state index is 12.4. The lowest BCUT2D eigenvalue weighted by Crippen LogP contribution is -2.36. The Labute approximate surface area is 135 Å². The number of aromatic nitrogens is 1. The number of nitrogens with zero attached hydrogens (tertiary/aromatic N) is 1. The molecule has 1 aliphatic carbocycles. The maximum atomic E-state index is 12.4. The summed E-state index contributed by atoms with van der Waals surface area (Å²) in [6.07, 6.45) is -3.91. The van der Waals surface area contributed by atoms with Gasteiger partial charge in [-0.05, 0) is 23.3 Å². The highest BCUT2D eigenvalue weighted by atomic mass is 19.4. The summed E-state index contributed by atoms with van der Waals surface area (Å²) in [5.41, 5.74) is 0.868. The van der Waals surface area contributed by atoms with Gasteiger partial charge in [-0.3, -0.25) is 0 Å². The third-order valence-corrected chi connectivity index (χ3v) is 3.80. The number of fused-ring (bicyclic) bond motifs is 1. The molecule has 8 heteroatoms. The van der Waals surface area contributed by atoms with Crippen LogP contribution in [0.2, 0.25) is 0 Å². The average molecular weight is 337 g/mol. The zero-order chi connectivity index (χ0) is 17.3. The predicted molar refractivity (Wildman–Crippen MR) is 80.3 cm³/mol. The highest BCUT2D eigenvalue weighted by Gasteiger charge is 2.33. The molecule has 0 spiro atoms. The number of aliphatic hydroxyl groups excluding tert-OH is 1. The summed E-state index contributed by atoms with van der Waals surface area (Å²) >= 11 is 0. The summed E-state index contributed by atoms with van der Waals surface area (Å²) in [5.74, 6) is 0. The van der Waals surface area contributed by atoms with E-state index in [1.165, 1.54) is 0 Å². The number of hydrogen-bond acceptors (Lipinski definition) is 3. The Balaban J connectivity index is 1.66. The SMILES string of the molecule is O=C(Nc1ccc(C(F)(F)F)nc1)N[C@@H]1c2ccccc2C[C@@H]1O. The van der Waals surface area contributed by atoms with Gasteiger partial charge >= 0.3 is 12.2 Å². The van der Waals surface area contributed by atoms with Crippen molar-refractivity contribution in [2.45, 2.75) is 24.7 Å². The molecule has 2 atom stereocenters. The Bertz CT molecular complexity index is 747. The second-order valence-corrected chi connectivity index (χ2v) is 5.48. The third kappa shape index (κ3) is 3.33. The first-order valence-electron chi connectivity index (χ1n) is 7.21. The van der Waals surface area contributed by atoms with Crippen molar-refractivity contribution in [2.24, 2.45) is 0 Å². The molecule has 0 radical (unpaired) electrons.